The highest BCUT2D eigenvalue weighted by molar-refractivity contribution is 7.89. The summed E-state index contributed by atoms with van der Waals surface area (Å²) in [4.78, 5) is 11.7. The Labute approximate surface area is 119 Å². The zero-order valence-corrected chi connectivity index (χ0v) is 12.2. The molecule has 0 aromatic heterocycles. The third-order valence-electron chi connectivity index (χ3n) is 4.17. The van der Waals surface area contributed by atoms with Crippen LogP contribution in [0.15, 0.2) is 29.2 Å². The van der Waals surface area contributed by atoms with E-state index >= 15 is 0 Å². The van der Waals surface area contributed by atoms with Crippen molar-refractivity contribution in [2.45, 2.75) is 43.2 Å². The molecule has 2 atom stereocenters. The number of hydrogen-bond acceptors (Lipinski definition) is 3. The molecule has 0 radical (unpaired) electrons. The van der Waals surface area contributed by atoms with Crippen LogP contribution in [0.5, 0.6) is 0 Å². The molecule has 3 rings (SSSR count). The number of carbonyl (C=O) groups excluding carboxylic acids is 1. The van der Waals surface area contributed by atoms with Crippen LogP contribution in [0.2, 0.25) is 0 Å². The molecule has 0 unspecified atom stereocenters. The monoisotopic (exact) mass is 294 g/mol. The van der Waals surface area contributed by atoms with Crippen molar-refractivity contribution in [3.63, 3.8) is 0 Å². The highest BCUT2D eigenvalue weighted by Gasteiger charge is 2.46. The maximum atomic E-state index is 12.7. The summed E-state index contributed by atoms with van der Waals surface area (Å²) >= 11 is 0. The van der Waals surface area contributed by atoms with Gasteiger partial charge in [0.05, 0.1) is 10.9 Å². The fourth-order valence-corrected chi connectivity index (χ4v) is 4.70. The number of nitrogens with zero attached hydrogens (tertiary/aromatic N) is 1. The maximum Gasteiger partial charge on any atom is 0.243 e. The van der Waals surface area contributed by atoms with Crippen LogP contribution >= 0.6 is 0 Å². The number of carbonyl (C=O) groups is 1. The summed E-state index contributed by atoms with van der Waals surface area (Å²) in [5, 5.41) is 2.84. The average Bonchev–Trinajstić information content (AvgIpc) is 2.97. The number of benzene rings is 1. The first-order valence-corrected chi connectivity index (χ1v) is 8.36. The molecule has 2 fully saturated rings. The lowest BCUT2D eigenvalue weighted by Gasteiger charge is -2.22. The minimum atomic E-state index is -3.50. The van der Waals surface area contributed by atoms with Gasteiger partial charge in [-0.15, -0.1) is 0 Å². The highest BCUT2D eigenvalue weighted by Crippen LogP contribution is 2.31. The Morgan fingerprint density at radius 1 is 1.30 bits per heavy atom. The van der Waals surface area contributed by atoms with Gasteiger partial charge in [-0.25, -0.2) is 8.42 Å². The fourth-order valence-electron chi connectivity index (χ4n) is 3.02. The molecule has 0 bridgehead atoms. The molecule has 1 amide bonds. The first-order chi connectivity index (χ1) is 9.52. The minimum Gasteiger partial charge on any atom is -0.352 e. The lowest BCUT2D eigenvalue weighted by Crippen LogP contribution is -2.38. The summed E-state index contributed by atoms with van der Waals surface area (Å²) in [6, 6.07) is 6.76. The van der Waals surface area contributed by atoms with E-state index < -0.39 is 10.0 Å². The molecule has 2 aliphatic rings. The van der Waals surface area contributed by atoms with Gasteiger partial charge in [0.15, 0.2) is 0 Å². The first kappa shape index (κ1) is 13.6. The van der Waals surface area contributed by atoms with Gasteiger partial charge in [-0.1, -0.05) is 19.1 Å². The van der Waals surface area contributed by atoms with E-state index in [1.807, 2.05) is 19.1 Å². The number of fused-ring (bicyclic) bond motifs is 1. The Morgan fingerprint density at radius 3 is 2.65 bits per heavy atom. The van der Waals surface area contributed by atoms with Gasteiger partial charge >= 0.3 is 0 Å². The number of amides is 1. The molecule has 0 saturated carbocycles. The molecule has 20 heavy (non-hydrogen) atoms. The van der Waals surface area contributed by atoms with Crippen molar-refractivity contribution in [2.75, 3.05) is 6.54 Å². The van der Waals surface area contributed by atoms with Crippen LogP contribution in [0.25, 0.3) is 0 Å². The molecule has 1 aromatic rings. The van der Waals surface area contributed by atoms with Crippen molar-refractivity contribution in [3.8, 4) is 0 Å². The van der Waals surface area contributed by atoms with Gasteiger partial charge in [0.2, 0.25) is 15.9 Å². The summed E-state index contributed by atoms with van der Waals surface area (Å²) < 4.78 is 26.8. The van der Waals surface area contributed by atoms with Gasteiger partial charge in [0.1, 0.15) is 0 Å². The van der Waals surface area contributed by atoms with Crippen LogP contribution in [0.1, 0.15) is 25.3 Å². The number of rotatable bonds is 3. The number of aryl methyl sites for hydroxylation is 1. The molecule has 0 spiro atoms. The fraction of sp³-hybridized carbons (Fsp3) is 0.500. The SMILES string of the molecule is CCc1ccc(S(=O)(=O)N2CC[C@H]3NC(=O)C[C@H]32)cc1. The van der Waals surface area contributed by atoms with Crippen LogP contribution in [0.4, 0.5) is 0 Å². The van der Waals surface area contributed by atoms with E-state index in [0.29, 0.717) is 17.9 Å². The van der Waals surface area contributed by atoms with Crippen molar-refractivity contribution in [1.82, 2.24) is 9.62 Å². The topological polar surface area (TPSA) is 66.5 Å². The lowest BCUT2D eigenvalue weighted by atomic mass is 10.1. The molecule has 1 aromatic carbocycles. The molecule has 108 valence electrons. The molecular weight excluding hydrogens is 276 g/mol. The maximum absolute atomic E-state index is 12.7. The van der Waals surface area contributed by atoms with Gasteiger partial charge in [0.25, 0.3) is 0 Å². The molecule has 2 saturated heterocycles. The molecule has 0 aliphatic carbocycles. The standard InChI is InChI=1S/C14H18N2O3S/c1-2-10-3-5-11(6-4-10)20(18,19)16-8-7-12-13(16)9-14(17)15-12/h3-6,12-13H,2,7-9H2,1H3,(H,15,17)/t12-,13-/m1/s1. The van der Waals surface area contributed by atoms with Crippen LogP contribution in [0, 0.1) is 0 Å². The van der Waals surface area contributed by atoms with Gasteiger partial charge in [-0.05, 0) is 30.5 Å². The van der Waals surface area contributed by atoms with Crippen molar-refractivity contribution < 1.29 is 13.2 Å². The van der Waals surface area contributed by atoms with Crippen molar-refractivity contribution in [1.29, 1.82) is 0 Å². The Balaban J connectivity index is 1.89. The minimum absolute atomic E-state index is 0.0211. The lowest BCUT2D eigenvalue weighted by molar-refractivity contribution is -0.119. The van der Waals surface area contributed by atoms with Crippen LogP contribution in [-0.4, -0.2) is 37.3 Å². The second-order valence-electron chi connectivity index (χ2n) is 5.35. The summed E-state index contributed by atoms with van der Waals surface area (Å²) in [5.41, 5.74) is 1.11. The zero-order valence-electron chi connectivity index (χ0n) is 11.4. The summed E-state index contributed by atoms with van der Waals surface area (Å²) in [5.74, 6) is -0.0544. The van der Waals surface area contributed by atoms with Crippen LogP contribution in [0.3, 0.4) is 0 Å². The molecular formula is C14H18N2O3S. The van der Waals surface area contributed by atoms with Crippen molar-refractivity contribution >= 4 is 15.9 Å². The average molecular weight is 294 g/mol. The van der Waals surface area contributed by atoms with Gasteiger partial charge < -0.3 is 5.32 Å². The first-order valence-electron chi connectivity index (χ1n) is 6.92. The van der Waals surface area contributed by atoms with Crippen molar-refractivity contribution in [3.05, 3.63) is 29.8 Å². The third kappa shape index (κ3) is 2.13. The second kappa shape index (κ2) is 4.86. The van der Waals surface area contributed by atoms with E-state index in [2.05, 4.69) is 5.32 Å². The highest BCUT2D eigenvalue weighted by atomic mass is 32.2. The molecule has 1 N–H and O–H groups in total. The predicted molar refractivity (Wildman–Crippen MR) is 74.7 cm³/mol. The Morgan fingerprint density at radius 2 is 2.00 bits per heavy atom. The normalized spacial score (nSPS) is 26.6. The Bertz CT molecular complexity index is 624. The Kier molecular flexibility index (Phi) is 3.30. The quantitative estimate of drug-likeness (QED) is 0.900. The second-order valence-corrected chi connectivity index (χ2v) is 7.24. The van der Waals surface area contributed by atoms with Gasteiger partial charge in [-0.3, -0.25) is 4.79 Å². The van der Waals surface area contributed by atoms with E-state index in [-0.39, 0.29) is 24.4 Å². The summed E-state index contributed by atoms with van der Waals surface area (Å²) in [7, 11) is -3.50. The smallest absolute Gasteiger partial charge is 0.243 e. The number of nitrogens with one attached hydrogen (secondary N) is 1. The molecule has 2 heterocycles. The molecule has 5 nitrogen and oxygen atoms in total. The van der Waals surface area contributed by atoms with Crippen LogP contribution in [-0.2, 0) is 21.2 Å². The zero-order chi connectivity index (χ0) is 14.3. The van der Waals surface area contributed by atoms with E-state index in [4.69, 9.17) is 0 Å². The summed E-state index contributed by atoms with van der Waals surface area (Å²) in [6.07, 6.45) is 1.85. The van der Waals surface area contributed by atoms with Gasteiger partial charge in [0, 0.05) is 19.0 Å². The van der Waals surface area contributed by atoms with E-state index in [0.717, 1.165) is 12.0 Å². The van der Waals surface area contributed by atoms with E-state index in [1.54, 1.807) is 12.1 Å². The summed E-state index contributed by atoms with van der Waals surface area (Å²) in [6.45, 7) is 2.51. The predicted octanol–water partition coefficient (Wildman–Crippen LogP) is 0.900. The molecule has 6 heteroatoms. The largest absolute Gasteiger partial charge is 0.352 e. The van der Waals surface area contributed by atoms with Crippen LogP contribution < -0.4 is 5.32 Å². The van der Waals surface area contributed by atoms with Crippen molar-refractivity contribution in [2.24, 2.45) is 0 Å². The molecule has 2 aliphatic heterocycles. The van der Waals surface area contributed by atoms with E-state index in [1.165, 1.54) is 4.31 Å². The number of hydrogen-bond donors (Lipinski definition) is 1. The van der Waals surface area contributed by atoms with E-state index in [9.17, 15) is 13.2 Å². The Hall–Kier alpha value is -1.40. The number of sulfonamides is 1. The third-order valence-corrected chi connectivity index (χ3v) is 6.11. The van der Waals surface area contributed by atoms with Gasteiger partial charge in [-0.2, -0.15) is 4.31 Å².